The smallest absolute Gasteiger partial charge is 0.271 e. The van der Waals surface area contributed by atoms with E-state index in [4.69, 9.17) is 0 Å². The summed E-state index contributed by atoms with van der Waals surface area (Å²) < 4.78 is 0. The van der Waals surface area contributed by atoms with Gasteiger partial charge in [-0.2, -0.15) is 0 Å². The Labute approximate surface area is 110 Å². The number of nitrogens with one attached hydrogen (secondary N) is 1. The predicted octanol–water partition coefficient (Wildman–Crippen LogP) is 3.23. The number of H-pyrrole nitrogens is 1. The van der Waals surface area contributed by atoms with Crippen LogP contribution in [0.15, 0.2) is 12.5 Å². The van der Waals surface area contributed by atoms with E-state index in [-0.39, 0.29) is 5.91 Å². The number of carbonyl (C=O) groups excluding carboxylic acids is 1. The summed E-state index contributed by atoms with van der Waals surface area (Å²) in [7, 11) is 0. The second-order valence-corrected chi connectivity index (χ2v) is 4.67. The van der Waals surface area contributed by atoms with E-state index >= 15 is 0 Å². The van der Waals surface area contributed by atoms with Crippen molar-refractivity contribution in [3.8, 4) is 0 Å². The van der Waals surface area contributed by atoms with Crippen molar-refractivity contribution < 1.29 is 4.79 Å². The van der Waals surface area contributed by atoms with Crippen molar-refractivity contribution >= 4 is 5.91 Å². The van der Waals surface area contributed by atoms with Crippen molar-refractivity contribution in [3.05, 3.63) is 18.2 Å². The molecular weight excluding hydrogens is 226 g/mol. The number of unbranched alkanes of at least 4 members (excludes halogenated alkanes) is 4. The van der Waals surface area contributed by atoms with Crippen LogP contribution in [-0.4, -0.2) is 33.9 Å². The summed E-state index contributed by atoms with van der Waals surface area (Å²) in [5.74, 6) is 0.0831. The average Bonchev–Trinajstić information content (AvgIpc) is 2.90. The molecule has 0 fully saturated rings. The topological polar surface area (TPSA) is 49.0 Å². The zero-order valence-corrected chi connectivity index (χ0v) is 11.6. The fourth-order valence-corrected chi connectivity index (χ4v) is 1.96. The van der Waals surface area contributed by atoms with E-state index in [9.17, 15) is 4.79 Å². The molecule has 4 heteroatoms. The Morgan fingerprint density at radius 1 is 1.17 bits per heavy atom. The molecule has 0 aromatic carbocycles. The van der Waals surface area contributed by atoms with Crippen LogP contribution in [0.3, 0.4) is 0 Å². The summed E-state index contributed by atoms with van der Waals surface area (Å²) in [5.41, 5.74) is 0.600. The number of hydrogen-bond acceptors (Lipinski definition) is 2. The van der Waals surface area contributed by atoms with E-state index in [1.54, 1.807) is 12.5 Å². The van der Waals surface area contributed by atoms with E-state index in [1.807, 2.05) is 4.90 Å². The monoisotopic (exact) mass is 251 g/mol. The largest absolute Gasteiger partial charge is 0.341 e. The maximum Gasteiger partial charge on any atom is 0.271 e. The van der Waals surface area contributed by atoms with Gasteiger partial charge in [0.1, 0.15) is 5.69 Å². The minimum Gasteiger partial charge on any atom is -0.341 e. The van der Waals surface area contributed by atoms with Crippen LogP contribution in [0.25, 0.3) is 0 Å². The molecule has 0 aliphatic carbocycles. The molecule has 0 saturated heterocycles. The molecule has 1 amide bonds. The molecule has 0 radical (unpaired) electrons. The van der Waals surface area contributed by atoms with Crippen molar-refractivity contribution in [2.45, 2.75) is 52.4 Å². The molecule has 4 nitrogen and oxygen atoms in total. The van der Waals surface area contributed by atoms with Crippen molar-refractivity contribution in [1.82, 2.24) is 14.9 Å². The molecule has 0 aliphatic heterocycles. The maximum absolute atomic E-state index is 12.2. The average molecular weight is 251 g/mol. The van der Waals surface area contributed by atoms with Gasteiger partial charge < -0.3 is 9.88 Å². The summed E-state index contributed by atoms with van der Waals surface area (Å²) in [6.45, 7) is 6.07. The van der Waals surface area contributed by atoms with Crippen LogP contribution in [0, 0.1) is 0 Å². The summed E-state index contributed by atoms with van der Waals surface area (Å²) in [6, 6.07) is 0. The molecule has 0 atom stereocenters. The van der Waals surface area contributed by atoms with Crippen LogP contribution < -0.4 is 0 Å². The molecule has 1 heterocycles. The van der Waals surface area contributed by atoms with E-state index < -0.39 is 0 Å². The Morgan fingerprint density at radius 3 is 2.22 bits per heavy atom. The minimum atomic E-state index is 0.0831. The normalized spacial score (nSPS) is 10.6. The number of rotatable bonds is 9. The summed E-state index contributed by atoms with van der Waals surface area (Å²) in [6.07, 6.45) is 10.1. The van der Waals surface area contributed by atoms with Gasteiger partial charge in [-0.15, -0.1) is 0 Å². The molecule has 1 rings (SSSR count). The van der Waals surface area contributed by atoms with Crippen molar-refractivity contribution in [2.24, 2.45) is 0 Å². The molecule has 1 N–H and O–H groups in total. The number of hydrogen-bond donors (Lipinski definition) is 1. The third-order valence-corrected chi connectivity index (χ3v) is 3.08. The van der Waals surface area contributed by atoms with Gasteiger partial charge >= 0.3 is 0 Å². The molecule has 0 saturated carbocycles. The minimum absolute atomic E-state index is 0.0831. The van der Waals surface area contributed by atoms with Crippen molar-refractivity contribution in [2.75, 3.05) is 13.1 Å². The highest BCUT2D eigenvalue weighted by Gasteiger charge is 2.15. The van der Waals surface area contributed by atoms with Gasteiger partial charge in [0.05, 0.1) is 12.5 Å². The lowest BCUT2D eigenvalue weighted by Gasteiger charge is -2.22. The highest BCUT2D eigenvalue weighted by atomic mass is 16.2. The molecule has 102 valence electrons. The number of aromatic nitrogens is 2. The Bertz CT molecular complexity index is 312. The number of carbonyl (C=O) groups is 1. The van der Waals surface area contributed by atoms with Crippen LogP contribution in [0.2, 0.25) is 0 Å². The first-order valence-electron chi connectivity index (χ1n) is 7.07. The summed E-state index contributed by atoms with van der Waals surface area (Å²) in [5, 5.41) is 0. The predicted molar refractivity (Wildman–Crippen MR) is 73.5 cm³/mol. The molecule has 1 aromatic rings. The summed E-state index contributed by atoms with van der Waals surface area (Å²) in [4.78, 5) is 21.0. The lowest BCUT2D eigenvalue weighted by atomic mass is 10.2. The lowest BCUT2D eigenvalue weighted by Crippen LogP contribution is -2.33. The van der Waals surface area contributed by atoms with Gasteiger partial charge in [0.25, 0.3) is 5.91 Å². The molecule has 18 heavy (non-hydrogen) atoms. The highest BCUT2D eigenvalue weighted by Crippen LogP contribution is 2.07. The van der Waals surface area contributed by atoms with Gasteiger partial charge in [-0.05, 0) is 12.8 Å². The fourth-order valence-electron chi connectivity index (χ4n) is 1.96. The van der Waals surface area contributed by atoms with Crippen LogP contribution in [0.5, 0.6) is 0 Å². The van der Waals surface area contributed by atoms with Crippen molar-refractivity contribution in [1.29, 1.82) is 0 Å². The van der Waals surface area contributed by atoms with Crippen LogP contribution in [-0.2, 0) is 0 Å². The van der Waals surface area contributed by atoms with Gasteiger partial charge in [-0.1, -0.05) is 39.5 Å². The van der Waals surface area contributed by atoms with E-state index in [1.165, 1.54) is 25.7 Å². The van der Waals surface area contributed by atoms with E-state index in [0.717, 1.165) is 25.9 Å². The standard InChI is InChI=1S/C14H25N3O/c1-3-5-7-9-17(10-8-6-4-2)14(18)13-11-15-12-16-13/h11-12H,3-10H2,1-2H3,(H,15,16). The van der Waals surface area contributed by atoms with Crippen LogP contribution in [0.1, 0.15) is 62.9 Å². The van der Waals surface area contributed by atoms with Crippen LogP contribution in [0.4, 0.5) is 0 Å². The van der Waals surface area contributed by atoms with Crippen molar-refractivity contribution in [3.63, 3.8) is 0 Å². The quantitative estimate of drug-likeness (QED) is 0.685. The zero-order valence-electron chi connectivity index (χ0n) is 11.6. The summed E-state index contributed by atoms with van der Waals surface area (Å²) >= 11 is 0. The van der Waals surface area contributed by atoms with Gasteiger partial charge in [-0.25, -0.2) is 4.98 Å². The first-order valence-corrected chi connectivity index (χ1v) is 7.07. The van der Waals surface area contributed by atoms with Crippen LogP contribution >= 0.6 is 0 Å². The maximum atomic E-state index is 12.2. The Morgan fingerprint density at radius 2 is 1.78 bits per heavy atom. The first kappa shape index (κ1) is 14.7. The Kier molecular flexibility index (Phi) is 7.14. The lowest BCUT2D eigenvalue weighted by molar-refractivity contribution is 0.0744. The molecule has 0 spiro atoms. The third-order valence-electron chi connectivity index (χ3n) is 3.08. The number of imidazole rings is 1. The second kappa shape index (κ2) is 8.72. The van der Waals surface area contributed by atoms with Gasteiger partial charge in [0.15, 0.2) is 0 Å². The number of amides is 1. The fraction of sp³-hybridized carbons (Fsp3) is 0.714. The first-order chi connectivity index (χ1) is 8.79. The molecule has 1 aromatic heterocycles. The van der Waals surface area contributed by atoms with Gasteiger partial charge in [-0.3, -0.25) is 4.79 Å². The van der Waals surface area contributed by atoms with Gasteiger partial charge in [0.2, 0.25) is 0 Å². The highest BCUT2D eigenvalue weighted by molar-refractivity contribution is 5.92. The zero-order chi connectivity index (χ0) is 13.2. The molecule has 0 bridgehead atoms. The van der Waals surface area contributed by atoms with Gasteiger partial charge in [0, 0.05) is 13.1 Å². The van der Waals surface area contributed by atoms with E-state index in [2.05, 4.69) is 23.8 Å². The SMILES string of the molecule is CCCCCN(CCCCC)C(=O)c1cnc[nH]1. The number of nitrogens with zero attached hydrogens (tertiary/aromatic N) is 2. The number of aromatic amines is 1. The molecule has 0 aliphatic rings. The second-order valence-electron chi connectivity index (χ2n) is 4.67. The third kappa shape index (κ3) is 4.90. The molecule has 0 unspecified atom stereocenters. The Balaban J connectivity index is 2.49. The molecular formula is C14H25N3O. The Hall–Kier alpha value is -1.32. The van der Waals surface area contributed by atoms with E-state index in [0.29, 0.717) is 5.69 Å².